The summed E-state index contributed by atoms with van der Waals surface area (Å²) in [7, 11) is 0. The Kier molecular flexibility index (Phi) is 12.7. The molecule has 0 heterocycles. The third kappa shape index (κ3) is 14.0. The van der Waals surface area contributed by atoms with Gasteiger partial charge < -0.3 is 4.74 Å². The van der Waals surface area contributed by atoms with Crippen LogP contribution in [0, 0.1) is 23.7 Å². The van der Waals surface area contributed by atoms with Crippen LogP contribution in [0.5, 0.6) is 0 Å². The zero-order valence-electron chi connectivity index (χ0n) is 13.0. The number of rotatable bonds is 8. The topological polar surface area (TPSA) is 26.3 Å². The Hall–Kier alpha value is -2.19. The molecular formula is C19H24O2. The van der Waals surface area contributed by atoms with Gasteiger partial charge in [-0.1, -0.05) is 30.4 Å². The van der Waals surface area contributed by atoms with Gasteiger partial charge in [-0.05, 0) is 62.7 Å². The van der Waals surface area contributed by atoms with Crippen LogP contribution in [0.15, 0.2) is 37.0 Å². The van der Waals surface area contributed by atoms with Crippen molar-refractivity contribution in [3.63, 3.8) is 0 Å². The van der Waals surface area contributed by atoms with Crippen LogP contribution in [0.3, 0.4) is 0 Å². The molecule has 0 radical (unpaired) electrons. The Morgan fingerprint density at radius 2 is 1.90 bits per heavy atom. The van der Waals surface area contributed by atoms with Crippen molar-refractivity contribution in [2.75, 3.05) is 0 Å². The first-order valence-electron chi connectivity index (χ1n) is 7.27. The number of allylic oxidation sites excluding steroid dienone is 4. The van der Waals surface area contributed by atoms with Crippen molar-refractivity contribution in [3.8, 4) is 23.7 Å². The van der Waals surface area contributed by atoms with Gasteiger partial charge in [-0.25, -0.2) is 0 Å². The number of ether oxygens (including phenoxy) is 1. The lowest BCUT2D eigenvalue weighted by atomic mass is 10.1. The normalized spacial score (nSPS) is 11.3. The number of hydrogen-bond donors (Lipinski definition) is 0. The minimum atomic E-state index is -0.267. The predicted molar refractivity (Wildman–Crippen MR) is 88.3 cm³/mol. The number of carbonyl (C=O) groups is 1. The Morgan fingerprint density at radius 1 is 1.19 bits per heavy atom. The lowest BCUT2D eigenvalue weighted by molar-refractivity contribution is -0.144. The maximum Gasteiger partial charge on any atom is 0.303 e. The van der Waals surface area contributed by atoms with Crippen molar-refractivity contribution in [3.05, 3.63) is 37.0 Å². The third-order valence-corrected chi connectivity index (χ3v) is 2.57. The first kappa shape index (κ1) is 18.8. The molecule has 0 aliphatic rings. The molecule has 0 aromatic heterocycles. The van der Waals surface area contributed by atoms with Gasteiger partial charge in [-0.2, -0.15) is 0 Å². The molecule has 21 heavy (non-hydrogen) atoms. The molecule has 0 spiro atoms. The summed E-state index contributed by atoms with van der Waals surface area (Å²) in [6, 6.07) is 0. The first-order valence-corrected chi connectivity index (χ1v) is 7.27. The molecule has 0 aliphatic carbocycles. The molecule has 112 valence electrons. The molecule has 0 aromatic rings. The minimum Gasteiger partial charge on any atom is -0.458 e. The van der Waals surface area contributed by atoms with Gasteiger partial charge in [-0.15, -0.1) is 6.58 Å². The maximum absolute atomic E-state index is 11.1. The average molecular weight is 284 g/mol. The number of unbranched alkanes of at least 4 members (excludes halogenated alkanes) is 3. The van der Waals surface area contributed by atoms with Crippen LogP contribution in [0.25, 0.3) is 0 Å². The van der Waals surface area contributed by atoms with Crippen LogP contribution in [0.4, 0.5) is 0 Å². The summed E-state index contributed by atoms with van der Waals surface area (Å²) in [6.45, 7) is 7.03. The second-order valence-electron chi connectivity index (χ2n) is 4.47. The Bertz CT molecular complexity index is 475. The van der Waals surface area contributed by atoms with Crippen LogP contribution in [0.1, 0.15) is 46.0 Å². The zero-order valence-corrected chi connectivity index (χ0v) is 13.0. The maximum atomic E-state index is 11.1. The highest BCUT2D eigenvalue weighted by molar-refractivity contribution is 5.66. The zero-order chi connectivity index (χ0) is 15.8. The summed E-state index contributed by atoms with van der Waals surface area (Å²) in [5, 5.41) is 0. The average Bonchev–Trinajstić information content (AvgIpc) is 2.45. The molecule has 2 nitrogen and oxygen atoms in total. The monoisotopic (exact) mass is 284 g/mol. The molecule has 0 rings (SSSR count). The van der Waals surface area contributed by atoms with Crippen molar-refractivity contribution in [2.24, 2.45) is 0 Å². The van der Waals surface area contributed by atoms with Crippen molar-refractivity contribution in [2.45, 2.75) is 52.1 Å². The fraction of sp³-hybridized carbons (Fsp3) is 0.421. The molecular weight excluding hydrogens is 260 g/mol. The van der Waals surface area contributed by atoms with Crippen LogP contribution in [-0.4, -0.2) is 12.1 Å². The van der Waals surface area contributed by atoms with E-state index >= 15 is 0 Å². The van der Waals surface area contributed by atoms with Gasteiger partial charge in [0.2, 0.25) is 0 Å². The summed E-state index contributed by atoms with van der Waals surface area (Å²) >= 11 is 0. The lowest BCUT2D eigenvalue weighted by Gasteiger charge is -2.12. The summed E-state index contributed by atoms with van der Waals surface area (Å²) in [5.41, 5.74) is 0. The van der Waals surface area contributed by atoms with Crippen LogP contribution < -0.4 is 0 Å². The van der Waals surface area contributed by atoms with E-state index in [0.29, 0.717) is 0 Å². The number of hydrogen-bond acceptors (Lipinski definition) is 2. The van der Waals surface area contributed by atoms with Crippen molar-refractivity contribution in [1.29, 1.82) is 0 Å². The van der Waals surface area contributed by atoms with Crippen molar-refractivity contribution < 1.29 is 9.53 Å². The smallest absolute Gasteiger partial charge is 0.303 e. The molecule has 0 unspecified atom stereocenters. The second-order valence-corrected chi connectivity index (χ2v) is 4.47. The van der Waals surface area contributed by atoms with Crippen molar-refractivity contribution >= 4 is 5.97 Å². The number of esters is 1. The Labute approximate surface area is 129 Å². The molecule has 0 bridgehead atoms. The van der Waals surface area contributed by atoms with Crippen LogP contribution >= 0.6 is 0 Å². The molecule has 0 aliphatic heterocycles. The van der Waals surface area contributed by atoms with E-state index in [2.05, 4.69) is 30.3 Å². The van der Waals surface area contributed by atoms with Crippen molar-refractivity contribution in [1.82, 2.24) is 0 Å². The Balaban J connectivity index is 4.25. The standard InChI is InChI=1S/C19H24O2/c1-4-6-8-10-11-13-15-17-19(21-18(3)20)16-14-12-9-7-5-2/h4-6,15,17,19H,2,7,9,12,14,16H2,1,3H3/b6-4-,17-15+/t19-/m0/s1. The molecule has 2 heteroatoms. The quantitative estimate of drug-likeness (QED) is 0.289. The van der Waals surface area contributed by atoms with Gasteiger partial charge >= 0.3 is 5.97 Å². The van der Waals surface area contributed by atoms with E-state index in [-0.39, 0.29) is 12.1 Å². The molecule has 0 saturated carbocycles. The molecule has 0 fully saturated rings. The molecule has 0 amide bonds. The summed E-state index contributed by atoms with van der Waals surface area (Å²) in [6.07, 6.45) is 13.9. The third-order valence-electron chi connectivity index (χ3n) is 2.57. The summed E-state index contributed by atoms with van der Waals surface area (Å²) < 4.78 is 5.24. The van der Waals surface area contributed by atoms with Gasteiger partial charge in [0.05, 0.1) is 0 Å². The van der Waals surface area contributed by atoms with E-state index in [0.717, 1.165) is 32.1 Å². The predicted octanol–water partition coefficient (Wildman–Crippen LogP) is 4.19. The second kappa shape index (κ2) is 14.2. The largest absolute Gasteiger partial charge is 0.458 e. The van der Waals surface area contributed by atoms with E-state index in [1.54, 1.807) is 12.2 Å². The summed E-state index contributed by atoms with van der Waals surface area (Å²) in [4.78, 5) is 11.1. The van der Waals surface area contributed by atoms with E-state index in [1.165, 1.54) is 6.92 Å². The molecule has 0 saturated heterocycles. The van der Waals surface area contributed by atoms with Gasteiger partial charge in [0.15, 0.2) is 0 Å². The first-order chi connectivity index (χ1) is 10.2. The van der Waals surface area contributed by atoms with Gasteiger partial charge in [0.1, 0.15) is 6.10 Å². The highest BCUT2D eigenvalue weighted by atomic mass is 16.5. The van der Waals surface area contributed by atoms with Gasteiger partial charge in [0, 0.05) is 6.92 Å². The van der Waals surface area contributed by atoms with Gasteiger partial charge in [0.25, 0.3) is 0 Å². The number of carbonyl (C=O) groups excluding carboxylic acids is 1. The molecule has 0 aromatic carbocycles. The fourth-order valence-electron chi connectivity index (χ4n) is 1.61. The van der Waals surface area contributed by atoms with Crippen LogP contribution in [-0.2, 0) is 9.53 Å². The van der Waals surface area contributed by atoms with E-state index in [4.69, 9.17) is 4.74 Å². The van der Waals surface area contributed by atoms with E-state index < -0.39 is 0 Å². The fourth-order valence-corrected chi connectivity index (χ4v) is 1.61. The van der Waals surface area contributed by atoms with E-state index in [1.807, 2.05) is 25.2 Å². The highest BCUT2D eigenvalue weighted by Gasteiger charge is 2.07. The van der Waals surface area contributed by atoms with Gasteiger partial charge in [-0.3, -0.25) is 4.79 Å². The Morgan fingerprint density at radius 3 is 2.52 bits per heavy atom. The van der Waals surface area contributed by atoms with E-state index in [9.17, 15) is 4.79 Å². The van der Waals surface area contributed by atoms with Crippen LogP contribution in [0.2, 0.25) is 0 Å². The highest BCUT2D eigenvalue weighted by Crippen LogP contribution is 2.10. The lowest BCUT2D eigenvalue weighted by Crippen LogP contribution is -2.13. The molecule has 1 atom stereocenters. The SMILES string of the molecule is C=CCCCCC[C@@H](/C=C/C#CC#C/C=C\C)OC(C)=O. The minimum absolute atomic E-state index is 0.205. The molecule has 0 N–H and O–H groups in total. The summed E-state index contributed by atoms with van der Waals surface area (Å²) in [5.74, 6) is 10.7.